The van der Waals surface area contributed by atoms with E-state index in [0.29, 0.717) is 17.9 Å². The summed E-state index contributed by atoms with van der Waals surface area (Å²) < 4.78 is 24.2. The van der Waals surface area contributed by atoms with E-state index in [1.807, 2.05) is 13.8 Å². The third-order valence-electron chi connectivity index (χ3n) is 4.79. The number of rotatable bonds is 11. The molecule has 0 amide bonds. The number of carbonyl (C=O) groups is 4. The van der Waals surface area contributed by atoms with Crippen molar-refractivity contribution in [3.8, 4) is 11.5 Å². The fraction of sp³-hybridized carbons (Fsp3) is 0.545. The number of hydrogen-bond acceptors (Lipinski definition) is 10. The number of hydrogen-bond donors (Lipinski definition) is 2. The monoisotopic (exact) mass is 469 g/mol. The zero-order valence-electron chi connectivity index (χ0n) is 19.4. The van der Waals surface area contributed by atoms with E-state index in [4.69, 9.17) is 19.9 Å². The summed E-state index contributed by atoms with van der Waals surface area (Å²) >= 11 is 0. The highest BCUT2D eigenvalue weighted by Gasteiger charge is 2.32. The summed E-state index contributed by atoms with van der Waals surface area (Å²) in [5, 5.41) is 9.52. The predicted octanol–water partition coefficient (Wildman–Crippen LogP) is 3.09. The molecule has 3 atom stereocenters. The van der Waals surface area contributed by atoms with Crippen LogP contribution >= 0.6 is 0 Å². The second-order valence-corrected chi connectivity index (χ2v) is 7.80. The zero-order valence-corrected chi connectivity index (χ0v) is 19.4. The first kappa shape index (κ1) is 27.7. The molecule has 0 fully saturated rings. The fourth-order valence-corrected chi connectivity index (χ4v) is 3.01. The van der Waals surface area contributed by atoms with Gasteiger partial charge in [0, 0.05) is 12.3 Å². The molecule has 0 aromatic heterocycles. The first-order valence-corrected chi connectivity index (χ1v) is 10.3. The fourth-order valence-electron chi connectivity index (χ4n) is 3.01. The minimum Gasteiger partial charge on any atom is -0.480 e. The van der Waals surface area contributed by atoms with E-state index in [2.05, 4.69) is 9.47 Å². The van der Waals surface area contributed by atoms with Crippen LogP contribution in [0.15, 0.2) is 18.2 Å². The van der Waals surface area contributed by atoms with Crippen LogP contribution in [0.5, 0.6) is 11.5 Å². The molecule has 3 N–H and O–H groups in total. The van der Waals surface area contributed by atoms with Gasteiger partial charge >= 0.3 is 24.2 Å². The molecule has 2 unspecified atom stereocenters. The number of ether oxygens (including phenoxy) is 5. The van der Waals surface area contributed by atoms with E-state index >= 15 is 0 Å². The average Bonchev–Trinajstić information content (AvgIpc) is 2.77. The molecule has 0 aliphatic rings. The van der Waals surface area contributed by atoms with E-state index < -0.39 is 42.1 Å². The topological polar surface area (TPSA) is 161 Å². The van der Waals surface area contributed by atoms with Crippen molar-refractivity contribution in [2.45, 2.75) is 45.6 Å². The van der Waals surface area contributed by atoms with Gasteiger partial charge in [-0.1, -0.05) is 26.8 Å². The first-order chi connectivity index (χ1) is 15.5. The summed E-state index contributed by atoms with van der Waals surface area (Å²) in [6.07, 6.45) is -1.23. The summed E-state index contributed by atoms with van der Waals surface area (Å²) in [5.74, 6) is -3.06. The summed E-state index contributed by atoms with van der Waals surface area (Å²) in [7, 11) is 2.19. The summed E-state index contributed by atoms with van der Waals surface area (Å²) in [4.78, 5) is 46.8. The lowest BCUT2D eigenvalue weighted by atomic mass is 9.82. The van der Waals surface area contributed by atoms with Crippen LogP contribution in [0.4, 0.5) is 9.59 Å². The number of carbonyl (C=O) groups excluding carboxylic acids is 3. The van der Waals surface area contributed by atoms with E-state index in [9.17, 15) is 24.3 Å². The van der Waals surface area contributed by atoms with Gasteiger partial charge in [-0.3, -0.25) is 9.59 Å². The van der Waals surface area contributed by atoms with Crippen LogP contribution in [-0.4, -0.2) is 56.2 Å². The van der Waals surface area contributed by atoms with E-state index in [1.54, 1.807) is 6.92 Å². The Morgan fingerprint density at radius 1 is 0.970 bits per heavy atom. The SMILES string of the molecule is COC(=O)Oc1ccc(C(C(C)COC(=O)CCC(C)C)[C@H](N)C(=O)O)cc1OC(=O)OC. The minimum atomic E-state index is -1.37. The molecule has 1 aromatic carbocycles. The highest BCUT2D eigenvalue weighted by atomic mass is 16.7. The van der Waals surface area contributed by atoms with Gasteiger partial charge in [-0.25, -0.2) is 9.59 Å². The molecule has 1 rings (SSSR count). The largest absolute Gasteiger partial charge is 0.513 e. The Balaban J connectivity index is 3.22. The third-order valence-corrected chi connectivity index (χ3v) is 4.79. The van der Waals surface area contributed by atoms with Crippen LogP contribution < -0.4 is 15.2 Å². The van der Waals surface area contributed by atoms with Gasteiger partial charge in [0.25, 0.3) is 0 Å². The molecule has 0 saturated carbocycles. The maximum Gasteiger partial charge on any atom is 0.513 e. The van der Waals surface area contributed by atoms with Crippen molar-refractivity contribution in [1.82, 2.24) is 0 Å². The molecule has 0 aliphatic heterocycles. The lowest BCUT2D eigenvalue weighted by Crippen LogP contribution is -2.40. The van der Waals surface area contributed by atoms with Crippen LogP contribution in [-0.2, 0) is 23.8 Å². The molecule has 0 heterocycles. The molecular weight excluding hydrogens is 438 g/mol. The number of methoxy groups -OCH3 is 2. The van der Waals surface area contributed by atoms with E-state index in [1.165, 1.54) is 18.2 Å². The van der Waals surface area contributed by atoms with Crippen LogP contribution in [0.1, 0.15) is 45.1 Å². The Morgan fingerprint density at radius 3 is 2.06 bits per heavy atom. The molecule has 11 heteroatoms. The second-order valence-electron chi connectivity index (χ2n) is 7.80. The number of aliphatic carboxylic acids is 1. The van der Waals surface area contributed by atoms with Gasteiger partial charge in [0.15, 0.2) is 11.5 Å². The third kappa shape index (κ3) is 8.97. The molecule has 33 heavy (non-hydrogen) atoms. The molecule has 11 nitrogen and oxygen atoms in total. The molecular formula is C22H31NO10. The highest BCUT2D eigenvalue weighted by Crippen LogP contribution is 2.36. The number of carboxylic acids is 1. The molecule has 0 spiro atoms. The Bertz CT molecular complexity index is 838. The van der Waals surface area contributed by atoms with Crippen molar-refractivity contribution in [2.24, 2.45) is 17.6 Å². The summed E-state index contributed by atoms with van der Waals surface area (Å²) in [6.45, 7) is 5.58. The Kier molecular flexibility index (Phi) is 11.1. The van der Waals surface area contributed by atoms with Crippen molar-refractivity contribution < 1.29 is 48.0 Å². The average molecular weight is 469 g/mol. The highest BCUT2D eigenvalue weighted by molar-refractivity contribution is 5.75. The maximum absolute atomic E-state index is 12.0. The molecule has 0 saturated heterocycles. The van der Waals surface area contributed by atoms with Crippen molar-refractivity contribution in [1.29, 1.82) is 0 Å². The van der Waals surface area contributed by atoms with Gasteiger partial charge < -0.3 is 34.5 Å². The lowest BCUT2D eigenvalue weighted by molar-refractivity contribution is -0.145. The van der Waals surface area contributed by atoms with Gasteiger partial charge in [-0.05, 0) is 36.0 Å². The number of esters is 1. The number of carboxylic acid groups (broad SMARTS) is 1. The van der Waals surface area contributed by atoms with Crippen molar-refractivity contribution in [2.75, 3.05) is 20.8 Å². The quantitative estimate of drug-likeness (QED) is 0.278. The molecule has 1 aromatic rings. The first-order valence-electron chi connectivity index (χ1n) is 10.3. The van der Waals surface area contributed by atoms with Gasteiger partial charge in [0.1, 0.15) is 6.04 Å². The normalized spacial score (nSPS) is 13.4. The molecule has 184 valence electrons. The van der Waals surface area contributed by atoms with Gasteiger partial charge in [0.2, 0.25) is 0 Å². The van der Waals surface area contributed by atoms with Crippen molar-refractivity contribution >= 4 is 24.2 Å². The summed E-state index contributed by atoms with van der Waals surface area (Å²) in [6, 6.07) is 2.70. The van der Waals surface area contributed by atoms with E-state index in [-0.39, 0.29) is 24.5 Å². The minimum absolute atomic E-state index is 0.0732. The number of nitrogens with two attached hydrogens (primary N) is 1. The van der Waals surface area contributed by atoms with Gasteiger partial charge in [-0.2, -0.15) is 0 Å². The second kappa shape index (κ2) is 13.3. The van der Waals surface area contributed by atoms with Crippen LogP contribution in [0.2, 0.25) is 0 Å². The maximum atomic E-state index is 12.0. The Labute approximate surface area is 192 Å². The van der Waals surface area contributed by atoms with Gasteiger partial charge in [-0.15, -0.1) is 0 Å². The van der Waals surface area contributed by atoms with Crippen molar-refractivity contribution in [3.63, 3.8) is 0 Å². The van der Waals surface area contributed by atoms with Crippen LogP contribution in [0.3, 0.4) is 0 Å². The van der Waals surface area contributed by atoms with Gasteiger partial charge in [0.05, 0.1) is 20.8 Å². The van der Waals surface area contributed by atoms with Crippen LogP contribution in [0.25, 0.3) is 0 Å². The summed E-state index contributed by atoms with van der Waals surface area (Å²) in [5.41, 5.74) is 6.29. The lowest BCUT2D eigenvalue weighted by Gasteiger charge is -2.28. The van der Waals surface area contributed by atoms with Crippen molar-refractivity contribution in [3.05, 3.63) is 23.8 Å². The predicted molar refractivity (Wildman–Crippen MR) is 115 cm³/mol. The Hall–Kier alpha value is -3.34. The zero-order chi connectivity index (χ0) is 25.1. The standard InChI is InChI=1S/C22H31NO10/c1-12(2)6-9-17(24)31-11-13(3)18(19(23)20(25)26)14-7-8-15(32-21(27)29-4)16(10-14)33-22(28)30-5/h7-8,10,12-13,18-19H,6,9,11,23H2,1-5H3,(H,25,26)/t13?,18?,19-/m0/s1. The smallest absolute Gasteiger partial charge is 0.480 e. The Morgan fingerprint density at radius 2 is 1.55 bits per heavy atom. The molecule has 0 bridgehead atoms. The molecule has 0 radical (unpaired) electrons. The number of benzene rings is 1. The molecule has 0 aliphatic carbocycles. The van der Waals surface area contributed by atoms with Crippen LogP contribution in [0, 0.1) is 11.8 Å². The van der Waals surface area contributed by atoms with E-state index in [0.717, 1.165) is 14.2 Å².